The van der Waals surface area contributed by atoms with Gasteiger partial charge in [-0.2, -0.15) is 18.2 Å². The summed E-state index contributed by atoms with van der Waals surface area (Å²) < 4.78 is 65.5. The number of sulfonamides is 1. The number of rotatable bonds is 7. The lowest BCUT2D eigenvalue weighted by Crippen LogP contribution is -2.24. The van der Waals surface area contributed by atoms with E-state index >= 15 is 0 Å². The SMILES string of the molecule is CN(c1cccc(CNc2nc(Nc3ccc4c(c3)CCC(=O)N4)ncc2C(F)(F)F)c1)S(C)(=O)=O. The lowest BCUT2D eigenvalue weighted by atomic mass is 10.0. The molecule has 13 heteroatoms. The summed E-state index contributed by atoms with van der Waals surface area (Å²) in [6.45, 7) is -0.0382. The molecule has 2 heterocycles. The van der Waals surface area contributed by atoms with E-state index in [1.165, 1.54) is 7.05 Å². The van der Waals surface area contributed by atoms with E-state index in [4.69, 9.17) is 0 Å². The van der Waals surface area contributed by atoms with E-state index in [0.717, 1.165) is 16.1 Å². The molecule has 36 heavy (non-hydrogen) atoms. The minimum Gasteiger partial charge on any atom is -0.365 e. The number of fused-ring (bicyclic) bond motifs is 1. The molecular weight excluding hydrogens is 497 g/mol. The number of carbonyl (C=O) groups is 1. The number of benzene rings is 2. The first-order valence-corrected chi connectivity index (χ1v) is 12.7. The van der Waals surface area contributed by atoms with E-state index < -0.39 is 27.6 Å². The molecule has 0 bridgehead atoms. The van der Waals surface area contributed by atoms with Gasteiger partial charge >= 0.3 is 6.18 Å². The molecule has 0 spiro atoms. The van der Waals surface area contributed by atoms with Gasteiger partial charge in [0.25, 0.3) is 0 Å². The van der Waals surface area contributed by atoms with Crippen molar-refractivity contribution in [1.29, 1.82) is 0 Å². The monoisotopic (exact) mass is 520 g/mol. The maximum Gasteiger partial charge on any atom is 0.421 e. The Bertz CT molecular complexity index is 1410. The Morgan fingerprint density at radius 3 is 2.64 bits per heavy atom. The van der Waals surface area contributed by atoms with Crippen molar-refractivity contribution < 1.29 is 26.4 Å². The van der Waals surface area contributed by atoms with Crippen LogP contribution in [0.25, 0.3) is 0 Å². The van der Waals surface area contributed by atoms with Crippen molar-refractivity contribution >= 4 is 44.8 Å². The van der Waals surface area contributed by atoms with Crippen molar-refractivity contribution in [3.63, 3.8) is 0 Å². The lowest BCUT2D eigenvalue weighted by molar-refractivity contribution is -0.137. The molecule has 1 amide bonds. The zero-order valence-electron chi connectivity index (χ0n) is 19.3. The Morgan fingerprint density at radius 1 is 1.14 bits per heavy atom. The molecule has 1 aliphatic heterocycles. The number of amides is 1. The van der Waals surface area contributed by atoms with Crippen molar-refractivity contribution in [3.8, 4) is 0 Å². The van der Waals surface area contributed by atoms with Crippen molar-refractivity contribution in [2.45, 2.75) is 25.6 Å². The second-order valence-electron chi connectivity index (χ2n) is 8.25. The van der Waals surface area contributed by atoms with E-state index in [1.807, 2.05) is 0 Å². The van der Waals surface area contributed by atoms with E-state index in [2.05, 4.69) is 25.9 Å². The molecule has 4 rings (SSSR count). The average Bonchev–Trinajstić information content (AvgIpc) is 2.81. The number of hydrogen-bond acceptors (Lipinski definition) is 7. The summed E-state index contributed by atoms with van der Waals surface area (Å²) in [7, 11) is -2.11. The third kappa shape index (κ3) is 5.85. The molecule has 3 N–H and O–H groups in total. The van der Waals surface area contributed by atoms with Gasteiger partial charge in [-0.3, -0.25) is 9.10 Å². The number of aryl methyl sites for hydroxylation is 1. The Kier molecular flexibility index (Phi) is 6.76. The van der Waals surface area contributed by atoms with Crippen LogP contribution >= 0.6 is 0 Å². The molecule has 9 nitrogen and oxygen atoms in total. The van der Waals surface area contributed by atoms with Crippen LogP contribution in [0, 0.1) is 0 Å². The first kappa shape index (κ1) is 25.2. The Morgan fingerprint density at radius 2 is 1.92 bits per heavy atom. The van der Waals surface area contributed by atoms with Gasteiger partial charge in [0.1, 0.15) is 11.4 Å². The standard InChI is InChI=1S/C23H23F3N6O3S/c1-32(36(2,34)35)17-5-3-4-14(10-17)12-27-21-18(23(24,25)26)13-28-22(31-21)29-16-7-8-19-15(11-16)6-9-20(33)30-19/h3-5,7-8,10-11,13H,6,9,12H2,1-2H3,(H,30,33)(H2,27,28,29,31). The first-order chi connectivity index (χ1) is 16.9. The van der Waals surface area contributed by atoms with Crippen molar-refractivity contribution in [1.82, 2.24) is 9.97 Å². The van der Waals surface area contributed by atoms with Gasteiger partial charge in [0.05, 0.1) is 11.9 Å². The van der Waals surface area contributed by atoms with Crippen LogP contribution in [0.5, 0.6) is 0 Å². The van der Waals surface area contributed by atoms with Crippen LogP contribution in [-0.4, -0.2) is 37.6 Å². The molecule has 1 aliphatic rings. The van der Waals surface area contributed by atoms with Gasteiger partial charge in [-0.15, -0.1) is 0 Å². The third-order valence-electron chi connectivity index (χ3n) is 5.58. The van der Waals surface area contributed by atoms with Crippen LogP contribution in [-0.2, 0) is 34.0 Å². The fourth-order valence-electron chi connectivity index (χ4n) is 3.61. The van der Waals surface area contributed by atoms with Crippen molar-refractivity contribution in [2.24, 2.45) is 0 Å². The largest absolute Gasteiger partial charge is 0.421 e. The minimum atomic E-state index is -4.69. The lowest BCUT2D eigenvalue weighted by Gasteiger charge is -2.19. The highest BCUT2D eigenvalue weighted by Gasteiger charge is 2.35. The second-order valence-corrected chi connectivity index (χ2v) is 10.3. The maximum atomic E-state index is 13.6. The van der Waals surface area contributed by atoms with Crippen LogP contribution in [0.1, 0.15) is 23.1 Å². The molecular formula is C23H23F3N6O3S. The van der Waals surface area contributed by atoms with E-state index in [1.54, 1.807) is 42.5 Å². The molecule has 1 aromatic heterocycles. The summed E-state index contributed by atoms with van der Waals surface area (Å²) in [5.41, 5.74) is 2.04. The summed E-state index contributed by atoms with van der Waals surface area (Å²) in [6.07, 6.45) is -2.04. The van der Waals surface area contributed by atoms with Gasteiger partial charge < -0.3 is 16.0 Å². The number of carbonyl (C=O) groups excluding carboxylic acids is 1. The molecule has 0 saturated heterocycles. The molecule has 0 atom stereocenters. The van der Waals surface area contributed by atoms with Crippen LogP contribution in [0.2, 0.25) is 0 Å². The third-order valence-corrected chi connectivity index (χ3v) is 6.79. The fraction of sp³-hybridized carbons (Fsp3) is 0.261. The van der Waals surface area contributed by atoms with Crippen LogP contribution in [0.15, 0.2) is 48.7 Å². The summed E-state index contributed by atoms with van der Waals surface area (Å²) in [5, 5.41) is 8.37. The van der Waals surface area contributed by atoms with Crippen LogP contribution in [0.4, 0.5) is 42.0 Å². The Balaban J connectivity index is 1.56. The highest BCUT2D eigenvalue weighted by molar-refractivity contribution is 7.92. The average molecular weight is 521 g/mol. The highest BCUT2D eigenvalue weighted by atomic mass is 32.2. The smallest absolute Gasteiger partial charge is 0.365 e. The molecule has 0 radical (unpaired) electrons. The molecule has 0 saturated carbocycles. The number of alkyl halides is 3. The molecule has 190 valence electrons. The highest BCUT2D eigenvalue weighted by Crippen LogP contribution is 2.35. The maximum absolute atomic E-state index is 13.6. The predicted molar refractivity (Wildman–Crippen MR) is 131 cm³/mol. The number of anilines is 5. The van der Waals surface area contributed by atoms with Crippen molar-refractivity contribution in [2.75, 3.05) is 33.6 Å². The van der Waals surface area contributed by atoms with E-state index in [0.29, 0.717) is 41.7 Å². The number of nitrogens with one attached hydrogen (secondary N) is 3. The second kappa shape index (κ2) is 9.64. The number of halogens is 3. The van der Waals surface area contributed by atoms with Crippen molar-refractivity contribution in [3.05, 3.63) is 65.4 Å². The molecule has 3 aromatic rings. The normalized spacial score (nSPS) is 13.5. The van der Waals surface area contributed by atoms with Crippen LogP contribution < -0.4 is 20.3 Å². The van der Waals surface area contributed by atoms with Gasteiger partial charge in [0.2, 0.25) is 21.9 Å². The Labute approximate surface area is 205 Å². The Hall–Kier alpha value is -3.87. The molecule has 0 aliphatic carbocycles. The molecule has 2 aromatic carbocycles. The predicted octanol–water partition coefficient (Wildman–Crippen LogP) is 4.13. The summed E-state index contributed by atoms with van der Waals surface area (Å²) in [5.74, 6) is -0.540. The minimum absolute atomic E-state index is 0.0382. The summed E-state index contributed by atoms with van der Waals surface area (Å²) in [4.78, 5) is 19.4. The van der Waals surface area contributed by atoms with Gasteiger partial charge in [-0.1, -0.05) is 12.1 Å². The summed E-state index contributed by atoms with van der Waals surface area (Å²) >= 11 is 0. The van der Waals surface area contributed by atoms with Gasteiger partial charge in [0, 0.05) is 37.6 Å². The summed E-state index contributed by atoms with van der Waals surface area (Å²) in [6, 6.07) is 11.6. The van der Waals surface area contributed by atoms with E-state index in [-0.39, 0.29) is 18.4 Å². The quantitative estimate of drug-likeness (QED) is 0.429. The zero-order chi connectivity index (χ0) is 26.1. The number of nitrogens with zero attached hydrogens (tertiary/aromatic N) is 3. The molecule has 0 fully saturated rings. The van der Waals surface area contributed by atoms with Gasteiger partial charge in [0.15, 0.2) is 0 Å². The number of hydrogen-bond donors (Lipinski definition) is 3. The van der Waals surface area contributed by atoms with Gasteiger partial charge in [-0.05, 0) is 47.9 Å². The molecule has 0 unspecified atom stereocenters. The zero-order valence-corrected chi connectivity index (χ0v) is 20.2. The van der Waals surface area contributed by atoms with Gasteiger partial charge in [-0.25, -0.2) is 13.4 Å². The number of aromatic nitrogens is 2. The van der Waals surface area contributed by atoms with E-state index in [9.17, 15) is 26.4 Å². The fourth-order valence-corrected chi connectivity index (χ4v) is 4.11. The first-order valence-electron chi connectivity index (χ1n) is 10.8. The van der Waals surface area contributed by atoms with Crippen LogP contribution in [0.3, 0.4) is 0 Å². The topological polar surface area (TPSA) is 116 Å².